The van der Waals surface area contributed by atoms with Gasteiger partial charge in [-0.15, -0.1) is 24.0 Å². The lowest BCUT2D eigenvalue weighted by atomic mass is 10.1. The highest BCUT2D eigenvalue weighted by molar-refractivity contribution is 14.0. The number of fused-ring (bicyclic) bond motifs is 1. The average Bonchev–Trinajstić information content (AvgIpc) is 2.78. The van der Waals surface area contributed by atoms with E-state index in [-0.39, 0.29) is 24.0 Å². The summed E-state index contributed by atoms with van der Waals surface area (Å²) in [5.41, 5.74) is 2.34. The highest BCUT2D eigenvalue weighted by Gasteiger charge is 2.20. The van der Waals surface area contributed by atoms with Crippen molar-refractivity contribution in [3.05, 3.63) is 60.6 Å². The van der Waals surface area contributed by atoms with Crippen LogP contribution >= 0.6 is 24.0 Å². The monoisotopic (exact) mass is 503 g/mol. The van der Waals surface area contributed by atoms with E-state index in [2.05, 4.69) is 59.3 Å². The smallest absolute Gasteiger partial charge is 0.225 e. The van der Waals surface area contributed by atoms with E-state index in [0.717, 1.165) is 56.6 Å². The molecule has 7 nitrogen and oxygen atoms in total. The summed E-state index contributed by atoms with van der Waals surface area (Å²) in [4.78, 5) is 22.2. The molecule has 0 unspecified atom stereocenters. The number of halogens is 1. The zero-order valence-corrected chi connectivity index (χ0v) is 18.9. The maximum atomic E-state index is 4.54. The summed E-state index contributed by atoms with van der Waals surface area (Å²) in [5, 5.41) is 4.69. The molecule has 0 atom stereocenters. The Hall–Kier alpha value is -2.49. The van der Waals surface area contributed by atoms with Crippen molar-refractivity contribution in [2.24, 2.45) is 4.99 Å². The van der Waals surface area contributed by atoms with Crippen LogP contribution in [0.3, 0.4) is 0 Å². The van der Waals surface area contributed by atoms with Crippen molar-refractivity contribution in [1.29, 1.82) is 0 Å². The fraction of sp³-hybridized carbons (Fsp3) is 0.333. The molecule has 29 heavy (non-hydrogen) atoms. The number of nitrogens with zero attached hydrogens (tertiary/aromatic N) is 6. The molecule has 0 bridgehead atoms. The van der Waals surface area contributed by atoms with Crippen LogP contribution in [0.5, 0.6) is 0 Å². The first-order chi connectivity index (χ1) is 13.8. The first kappa shape index (κ1) is 21.2. The molecular formula is C21H26IN7. The fourth-order valence-corrected chi connectivity index (χ4v) is 3.58. The van der Waals surface area contributed by atoms with Crippen LogP contribution in [0.2, 0.25) is 0 Å². The Bertz CT molecular complexity index is 935. The van der Waals surface area contributed by atoms with Gasteiger partial charge in [0.05, 0.1) is 5.52 Å². The Morgan fingerprint density at radius 3 is 2.45 bits per heavy atom. The van der Waals surface area contributed by atoms with Crippen LogP contribution in [-0.4, -0.2) is 65.6 Å². The number of hydrogen-bond donors (Lipinski definition) is 1. The summed E-state index contributed by atoms with van der Waals surface area (Å²) < 4.78 is 0. The van der Waals surface area contributed by atoms with Gasteiger partial charge in [0, 0.05) is 63.7 Å². The van der Waals surface area contributed by atoms with E-state index in [0.29, 0.717) is 0 Å². The Morgan fingerprint density at radius 1 is 0.966 bits per heavy atom. The molecule has 152 valence electrons. The van der Waals surface area contributed by atoms with Crippen LogP contribution in [0.25, 0.3) is 10.9 Å². The number of benzene rings is 1. The van der Waals surface area contributed by atoms with Crippen LogP contribution in [0.15, 0.2) is 60.0 Å². The van der Waals surface area contributed by atoms with Gasteiger partial charge in [-0.3, -0.25) is 9.98 Å². The summed E-state index contributed by atoms with van der Waals surface area (Å²) >= 11 is 0. The molecule has 1 aliphatic heterocycles. The minimum absolute atomic E-state index is 0. The third kappa shape index (κ3) is 5.11. The number of aliphatic imine (C=N–C) groups is 1. The maximum absolute atomic E-state index is 4.54. The third-order valence-electron chi connectivity index (χ3n) is 5.02. The first-order valence-corrected chi connectivity index (χ1v) is 9.65. The average molecular weight is 503 g/mol. The van der Waals surface area contributed by atoms with Gasteiger partial charge in [0.15, 0.2) is 5.96 Å². The first-order valence-electron chi connectivity index (χ1n) is 9.65. The molecule has 8 heteroatoms. The summed E-state index contributed by atoms with van der Waals surface area (Å²) in [7, 11) is 1.84. The number of pyridine rings is 1. The van der Waals surface area contributed by atoms with Crippen LogP contribution in [0.1, 0.15) is 5.56 Å². The largest absolute Gasteiger partial charge is 0.356 e. The number of anilines is 1. The number of piperazine rings is 1. The molecule has 3 heterocycles. The Labute approximate surface area is 188 Å². The summed E-state index contributed by atoms with van der Waals surface area (Å²) in [6.07, 6.45) is 6.34. The van der Waals surface area contributed by atoms with Crippen molar-refractivity contribution in [2.45, 2.75) is 6.42 Å². The van der Waals surface area contributed by atoms with E-state index in [1.165, 1.54) is 10.9 Å². The second-order valence-corrected chi connectivity index (χ2v) is 6.74. The summed E-state index contributed by atoms with van der Waals surface area (Å²) in [6, 6.07) is 12.3. The van der Waals surface area contributed by atoms with Crippen molar-refractivity contribution >= 4 is 46.8 Å². The quantitative estimate of drug-likeness (QED) is 0.336. The lowest BCUT2D eigenvalue weighted by molar-refractivity contribution is 0.370. The lowest BCUT2D eigenvalue weighted by Crippen LogP contribution is -2.53. The van der Waals surface area contributed by atoms with E-state index in [1.807, 2.05) is 25.4 Å². The van der Waals surface area contributed by atoms with Gasteiger partial charge in [0.25, 0.3) is 0 Å². The summed E-state index contributed by atoms with van der Waals surface area (Å²) in [6.45, 7) is 4.39. The Kier molecular flexibility index (Phi) is 7.56. The highest BCUT2D eigenvalue weighted by atomic mass is 127. The predicted molar refractivity (Wildman–Crippen MR) is 128 cm³/mol. The Balaban J connectivity index is 0.00000240. The Morgan fingerprint density at radius 2 is 1.69 bits per heavy atom. The maximum Gasteiger partial charge on any atom is 0.225 e. The molecule has 1 aromatic carbocycles. The number of aromatic nitrogens is 3. The third-order valence-corrected chi connectivity index (χ3v) is 5.02. The van der Waals surface area contributed by atoms with Gasteiger partial charge >= 0.3 is 0 Å². The van der Waals surface area contributed by atoms with Gasteiger partial charge in [0.2, 0.25) is 5.95 Å². The number of nitrogens with one attached hydrogen (secondary N) is 1. The second kappa shape index (κ2) is 10.3. The van der Waals surface area contributed by atoms with Crippen LogP contribution < -0.4 is 10.2 Å². The molecule has 3 aromatic rings. The van der Waals surface area contributed by atoms with Gasteiger partial charge in [-0.2, -0.15) is 0 Å². The van der Waals surface area contributed by atoms with Gasteiger partial charge in [-0.25, -0.2) is 9.97 Å². The zero-order valence-electron chi connectivity index (χ0n) is 16.5. The molecule has 1 aliphatic rings. The predicted octanol–water partition coefficient (Wildman–Crippen LogP) is 2.58. The van der Waals surface area contributed by atoms with E-state index >= 15 is 0 Å². The fourth-order valence-electron chi connectivity index (χ4n) is 3.58. The van der Waals surface area contributed by atoms with E-state index in [9.17, 15) is 0 Å². The van der Waals surface area contributed by atoms with Crippen LogP contribution in [-0.2, 0) is 6.42 Å². The zero-order chi connectivity index (χ0) is 19.2. The molecular weight excluding hydrogens is 477 g/mol. The molecule has 0 radical (unpaired) electrons. The van der Waals surface area contributed by atoms with E-state index in [1.54, 1.807) is 12.4 Å². The molecule has 0 spiro atoms. The topological polar surface area (TPSA) is 69.5 Å². The number of rotatable bonds is 4. The number of hydrogen-bond acceptors (Lipinski definition) is 5. The van der Waals surface area contributed by atoms with Crippen molar-refractivity contribution < 1.29 is 0 Å². The summed E-state index contributed by atoms with van der Waals surface area (Å²) in [5.74, 6) is 1.75. The van der Waals surface area contributed by atoms with Crippen molar-refractivity contribution in [3.8, 4) is 0 Å². The van der Waals surface area contributed by atoms with E-state index < -0.39 is 0 Å². The van der Waals surface area contributed by atoms with Crippen molar-refractivity contribution in [2.75, 3.05) is 44.7 Å². The van der Waals surface area contributed by atoms with Gasteiger partial charge in [-0.05, 0) is 24.1 Å². The van der Waals surface area contributed by atoms with Crippen LogP contribution in [0.4, 0.5) is 5.95 Å². The second-order valence-electron chi connectivity index (χ2n) is 6.74. The highest BCUT2D eigenvalue weighted by Crippen LogP contribution is 2.16. The molecule has 1 N–H and O–H groups in total. The molecule has 0 saturated carbocycles. The molecule has 0 aliphatic carbocycles. The molecule has 1 fully saturated rings. The van der Waals surface area contributed by atoms with Gasteiger partial charge < -0.3 is 15.1 Å². The molecule has 4 rings (SSSR count). The SMILES string of the molecule is CN=C(NCCc1cccc2cccnc12)N1CCN(c2ncccn2)CC1.I. The lowest BCUT2D eigenvalue weighted by Gasteiger charge is -2.36. The molecule has 0 amide bonds. The van der Waals surface area contributed by atoms with Crippen LogP contribution in [0, 0.1) is 0 Å². The van der Waals surface area contributed by atoms with Crippen molar-refractivity contribution in [3.63, 3.8) is 0 Å². The minimum Gasteiger partial charge on any atom is -0.356 e. The normalized spacial score (nSPS) is 14.6. The minimum atomic E-state index is 0. The molecule has 1 saturated heterocycles. The molecule has 2 aromatic heterocycles. The van der Waals surface area contributed by atoms with Gasteiger partial charge in [0.1, 0.15) is 0 Å². The van der Waals surface area contributed by atoms with Crippen molar-refractivity contribution in [1.82, 2.24) is 25.2 Å². The number of para-hydroxylation sites is 1. The van der Waals surface area contributed by atoms with E-state index in [4.69, 9.17) is 0 Å². The number of guanidine groups is 1. The standard InChI is InChI=1S/C21H25N7.HI/c1-22-20(27-13-15-28(16-14-27)21-24-10-4-11-25-21)26-12-8-18-6-2-5-17-7-3-9-23-19(17)18;/h2-7,9-11H,8,12-16H2,1H3,(H,22,26);1H. The van der Waals surface area contributed by atoms with Gasteiger partial charge in [-0.1, -0.05) is 24.3 Å².